The number of carbonyl (C=O) groups is 3. The van der Waals surface area contributed by atoms with Gasteiger partial charge in [0, 0.05) is 56.0 Å². The third kappa shape index (κ3) is 12.1. The molecule has 3 aromatic rings. The predicted octanol–water partition coefficient (Wildman–Crippen LogP) is 7.06. The van der Waals surface area contributed by atoms with Crippen LogP contribution in [-0.2, 0) is 32.1 Å². The summed E-state index contributed by atoms with van der Waals surface area (Å²) in [7, 11) is 2.88. The number of nitrogens with zero attached hydrogens (tertiary/aromatic N) is 1. The maximum Gasteiger partial charge on any atom is 0.405 e. The van der Waals surface area contributed by atoms with Crippen molar-refractivity contribution < 1.29 is 43.9 Å². The molecule has 13 heteroatoms. The number of hydrogen-bond acceptors (Lipinski definition) is 10. The van der Waals surface area contributed by atoms with Gasteiger partial charge in [0.15, 0.2) is 6.10 Å². The number of primary amides is 1. The van der Waals surface area contributed by atoms with Gasteiger partial charge in [-0.05, 0) is 68.6 Å². The van der Waals surface area contributed by atoms with Gasteiger partial charge in [-0.3, -0.25) is 14.5 Å². The van der Waals surface area contributed by atoms with Crippen LogP contribution in [0.1, 0.15) is 68.1 Å². The van der Waals surface area contributed by atoms with Gasteiger partial charge in [-0.2, -0.15) is 0 Å². The minimum atomic E-state index is -1.06. The first-order chi connectivity index (χ1) is 27.6. The lowest BCUT2D eigenvalue weighted by Gasteiger charge is -2.28. The van der Waals surface area contributed by atoms with Gasteiger partial charge in [-0.15, -0.1) is 0 Å². The van der Waals surface area contributed by atoms with Gasteiger partial charge >= 0.3 is 6.09 Å². The largest absolute Gasteiger partial charge is 0.506 e. The van der Waals surface area contributed by atoms with Gasteiger partial charge in [-0.1, -0.05) is 86.2 Å². The Morgan fingerprint density at radius 1 is 0.983 bits per heavy atom. The number of fused-ring (bicyclic) bond motifs is 2. The minimum absolute atomic E-state index is 0.0271. The zero-order chi connectivity index (χ0) is 42.5. The van der Waals surface area contributed by atoms with E-state index in [-0.39, 0.29) is 28.9 Å². The molecule has 1 aliphatic rings. The summed E-state index contributed by atoms with van der Waals surface area (Å²) in [5, 5.41) is 39.8. The fourth-order valence-electron chi connectivity index (χ4n) is 6.74. The smallest absolute Gasteiger partial charge is 0.405 e. The highest BCUT2D eigenvalue weighted by Crippen LogP contribution is 2.43. The molecule has 3 amide bonds. The number of methoxy groups -OCH3 is 2. The molecule has 0 unspecified atom stereocenters. The first-order valence-electron chi connectivity index (χ1n) is 19.1. The number of anilines is 2. The van der Waals surface area contributed by atoms with Crippen LogP contribution in [-0.4, -0.2) is 83.3 Å². The first kappa shape index (κ1) is 45.0. The summed E-state index contributed by atoms with van der Waals surface area (Å²) in [5.41, 5.74) is 9.14. The topological polar surface area (TPSA) is 193 Å². The van der Waals surface area contributed by atoms with Gasteiger partial charge in [-0.25, -0.2) is 4.79 Å². The Balaban J connectivity index is 1.71. The summed E-state index contributed by atoms with van der Waals surface area (Å²) >= 11 is 0. The molecular weight excluding hydrogens is 741 g/mol. The molecule has 58 heavy (non-hydrogen) atoms. The lowest BCUT2D eigenvalue weighted by molar-refractivity contribution is -0.112. The molecule has 1 aliphatic heterocycles. The third-order valence-corrected chi connectivity index (χ3v) is 10.1. The second-order valence-electron chi connectivity index (χ2n) is 14.5. The van der Waals surface area contributed by atoms with E-state index < -0.39 is 59.7 Å². The van der Waals surface area contributed by atoms with Gasteiger partial charge in [0.1, 0.15) is 17.6 Å². The maximum atomic E-state index is 13.7. The SMILES string of the molecule is CCN(Cc1ccccc1)Cc1ccc(C(=O)Nc2c(O)cc3c(O)c2/C=C(\C)C[C@H](OC)[C@H](O)[C@@H](C)/C=C(\C)[C@H](OC(N)=O)[C@@H](OC)C=C/C=C(\C)C(=O)N3)cc1. The van der Waals surface area contributed by atoms with E-state index in [0.29, 0.717) is 23.3 Å². The van der Waals surface area contributed by atoms with E-state index in [4.69, 9.17) is 19.9 Å². The number of nitrogens with one attached hydrogen (secondary N) is 2. The Labute approximate surface area is 340 Å². The molecule has 4 rings (SSSR count). The van der Waals surface area contributed by atoms with Crippen LogP contribution < -0.4 is 16.4 Å². The van der Waals surface area contributed by atoms with Crippen molar-refractivity contribution in [2.45, 2.75) is 78.5 Å². The van der Waals surface area contributed by atoms with E-state index in [9.17, 15) is 29.7 Å². The van der Waals surface area contributed by atoms with E-state index in [1.165, 1.54) is 25.9 Å². The van der Waals surface area contributed by atoms with Crippen LogP contribution >= 0.6 is 0 Å². The third-order valence-electron chi connectivity index (χ3n) is 10.1. The van der Waals surface area contributed by atoms with E-state index in [1.807, 2.05) is 30.3 Å². The number of allylic oxidation sites excluding steroid dienone is 2. The zero-order valence-corrected chi connectivity index (χ0v) is 34.2. The molecule has 0 spiro atoms. The summed E-state index contributed by atoms with van der Waals surface area (Å²) in [6, 6.07) is 18.5. The molecule has 0 aromatic heterocycles. The van der Waals surface area contributed by atoms with Crippen LogP contribution in [0.5, 0.6) is 11.5 Å². The number of amides is 3. The van der Waals surface area contributed by atoms with E-state index in [2.05, 4.69) is 34.6 Å². The zero-order valence-electron chi connectivity index (χ0n) is 34.2. The van der Waals surface area contributed by atoms with Crippen LogP contribution in [0, 0.1) is 5.92 Å². The van der Waals surface area contributed by atoms with Crippen molar-refractivity contribution in [1.82, 2.24) is 4.90 Å². The van der Waals surface area contributed by atoms with Crippen molar-refractivity contribution in [3.63, 3.8) is 0 Å². The summed E-state index contributed by atoms with van der Waals surface area (Å²) in [6.07, 6.45) is 3.48. The van der Waals surface area contributed by atoms with Crippen LogP contribution in [0.4, 0.5) is 16.2 Å². The Kier molecular flexibility index (Phi) is 16.4. The Bertz CT molecular complexity index is 2030. The Morgan fingerprint density at radius 3 is 2.24 bits per heavy atom. The van der Waals surface area contributed by atoms with Crippen molar-refractivity contribution in [1.29, 1.82) is 0 Å². The van der Waals surface area contributed by atoms with E-state index in [0.717, 1.165) is 24.7 Å². The van der Waals surface area contributed by atoms with Gasteiger partial charge in [0.2, 0.25) is 0 Å². The van der Waals surface area contributed by atoms with Crippen molar-refractivity contribution >= 4 is 35.4 Å². The predicted molar refractivity (Wildman–Crippen MR) is 225 cm³/mol. The van der Waals surface area contributed by atoms with Crippen molar-refractivity contribution in [3.8, 4) is 11.5 Å². The minimum Gasteiger partial charge on any atom is -0.506 e. The number of benzene rings is 3. The van der Waals surface area contributed by atoms with E-state index in [1.54, 1.807) is 64.1 Å². The first-order valence-corrected chi connectivity index (χ1v) is 19.1. The molecule has 2 bridgehead atoms. The quantitative estimate of drug-likeness (QED) is 0.0703. The molecule has 0 saturated heterocycles. The average Bonchev–Trinajstić information content (AvgIpc) is 3.20. The summed E-state index contributed by atoms with van der Waals surface area (Å²) in [4.78, 5) is 41.2. The number of hydrogen-bond donors (Lipinski definition) is 6. The molecule has 3 aromatic carbocycles. The maximum absolute atomic E-state index is 13.7. The number of rotatable bonds is 10. The van der Waals surface area contributed by atoms with Crippen LogP contribution in [0.3, 0.4) is 0 Å². The summed E-state index contributed by atoms with van der Waals surface area (Å²) < 4.78 is 16.7. The van der Waals surface area contributed by atoms with E-state index >= 15 is 0 Å². The molecule has 310 valence electrons. The number of phenols is 2. The average molecular weight is 797 g/mol. The van der Waals surface area contributed by atoms with Crippen molar-refractivity contribution in [2.75, 3.05) is 31.4 Å². The number of aliphatic hydroxyl groups is 1. The van der Waals surface area contributed by atoms with Crippen LogP contribution in [0.15, 0.2) is 102 Å². The highest BCUT2D eigenvalue weighted by molar-refractivity contribution is 6.09. The van der Waals surface area contributed by atoms with Crippen molar-refractivity contribution in [2.24, 2.45) is 11.7 Å². The van der Waals surface area contributed by atoms with Gasteiger partial charge < -0.3 is 45.9 Å². The second kappa shape index (κ2) is 21.1. The van der Waals surface area contributed by atoms with Gasteiger partial charge in [0.05, 0.1) is 23.6 Å². The molecule has 0 saturated carbocycles. The number of aromatic hydroxyl groups is 2. The molecule has 0 aliphatic carbocycles. The van der Waals surface area contributed by atoms with Crippen LogP contribution in [0.2, 0.25) is 0 Å². The molecule has 0 radical (unpaired) electrons. The standard InChI is InChI=1S/C45H56N4O9/c1-8-49(25-31-14-10-9-11-15-31)26-32-17-19-33(20-18-32)44(54)48-39-34-21-27(2)22-38(57-7)40(51)29(4)23-30(5)42(58-45(46)55)37(56-6)16-12-13-28(3)43(53)47-35(41(34)52)24-36(39)50/h9-21,23-24,29,37-38,40,42,50-52H,8,22,25-26H2,1-7H3,(H2,46,55)(H,47,53)(H,48,54)/b16-12?,27-21+,28-13+,30-23+/t29-,37-,38-,40+,42-/m0/s1. The lowest BCUT2D eigenvalue weighted by Crippen LogP contribution is -2.36. The number of aliphatic hydroxyl groups excluding tert-OH is 1. The normalized spacial score (nSPS) is 23.4. The molecule has 5 atom stereocenters. The molecular formula is C45H56N4O9. The number of carbonyl (C=O) groups excluding carboxylic acids is 3. The highest BCUT2D eigenvalue weighted by Gasteiger charge is 2.29. The Morgan fingerprint density at radius 2 is 1.64 bits per heavy atom. The molecule has 13 nitrogen and oxygen atoms in total. The second-order valence-corrected chi connectivity index (χ2v) is 14.5. The number of ether oxygens (including phenoxy) is 3. The monoisotopic (exact) mass is 796 g/mol. The highest BCUT2D eigenvalue weighted by atomic mass is 16.6. The van der Waals surface area contributed by atoms with Gasteiger partial charge in [0.25, 0.3) is 11.8 Å². The number of nitrogens with two attached hydrogens (primary N) is 1. The summed E-state index contributed by atoms with van der Waals surface area (Å²) in [5.74, 6) is -2.47. The molecule has 7 N–H and O–H groups in total. The number of phenolic OH excluding ortho intramolecular Hbond substituents is 2. The fourth-order valence-corrected chi connectivity index (χ4v) is 6.74. The molecule has 0 fully saturated rings. The van der Waals surface area contributed by atoms with Crippen LogP contribution in [0.25, 0.3) is 6.08 Å². The fraction of sp³-hybridized carbons (Fsp3) is 0.356. The lowest BCUT2D eigenvalue weighted by atomic mass is 9.91. The Hall–Kier alpha value is -5.73. The summed E-state index contributed by atoms with van der Waals surface area (Å²) in [6.45, 7) is 11.2. The van der Waals surface area contributed by atoms with Crippen molar-refractivity contribution in [3.05, 3.63) is 124 Å². The molecule has 1 heterocycles.